The van der Waals surface area contributed by atoms with Gasteiger partial charge >= 0.3 is 0 Å². The Kier molecular flexibility index (Phi) is 3.40. The first-order chi connectivity index (χ1) is 12.0. The summed E-state index contributed by atoms with van der Waals surface area (Å²) in [6.07, 6.45) is 7.35. The first-order valence-electron chi connectivity index (χ1n) is 9.15. The van der Waals surface area contributed by atoms with E-state index in [-0.39, 0.29) is 16.9 Å². The molecule has 1 aromatic carbocycles. The first kappa shape index (κ1) is 15.6. The van der Waals surface area contributed by atoms with Crippen LogP contribution in [0.5, 0.6) is 0 Å². The summed E-state index contributed by atoms with van der Waals surface area (Å²) in [4.78, 5) is 28.4. The number of amides is 1. The predicted octanol–water partition coefficient (Wildman–Crippen LogP) is 3.99. The summed E-state index contributed by atoms with van der Waals surface area (Å²) in [5.74, 6) is 2.19. The van der Waals surface area contributed by atoms with Crippen LogP contribution in [0.25, 0.3) is 10.9 Å². The Morgan fingerprint density at radius 1 is 1.08 bits per heavy atom. The lowest BCUT2D eigenvalue weighted by atomic mass is 9.53. The van der Waals surface area contributed by atoms with Crippen molar-refractivity contribution >= 4 is 32.7 Å². The maximum atomic E-state index is 12.9. The molecule has 0 spiro atoms. The molecule has 2 aromatic rings. The second-order valence-electron chi connectivity index (χ2n) is 8.39. The van der Waals surface area contributed by atoms with E-state index in [2.05, 4.69) is 26.2 Å². The third-order valence-corrected chi connectivity index (χ3v) is 6.95. The molecule has 25 heavy (non-hydrogen) atoms. The molecule has 4 bridgehead atoms. The van der Waals surface area contributed by atoms with Gasteiger partial charge in [0.25, 0.3) is 5.91 Å². The molecular weight excluding hydrogens is 380 g/mol. The van der Waals surface area contributed by atoms with E-state index in [1.54, 1.807) is 6.07 Å². The maximum Gasteiger partial charge on any atom is 0.268 e. The van der Waals surface area contributed by atoms with Crippen molar-refractivity contribution in [1.29, 1.82) is 0 Å². The number of carbonyl (C=O) groups excluding carboxylic acids is 1. The summed E-state index contributed by atoms with van der Waals surface area (Å²) in [6.45, 7) is 0. The molecule has 4 aliphatic carbocycles. The Bertz CT molecular complexity index is 898. The Labute approximate surface area is 154 Å². The molecule has 4 aliphatic rings. The Hall–Kier alpha value is -1.62. The van der Waals surface area contributed by atoms with Crippen molar-refractivity contribution in [2.75, 3.05) is 0 Å². The van der Waals surface area contributed by atoms with Crippen LogP contribution in [0.3, 0.4) is 0 Å². The van der Waals surface area contributed by atoms with Gasteiger partial charge in [0.1, 0.15) is 5.69 Å². The maximum absolute atomic E-state index is 12.9. The zero-order chi connectivity index (χ0) is 17.2. The smallest absolute Gasteiger partial charge is 0.268 e. The van der Waals surface area contributed by atoms with Gasteiger partial charge in [0.2, 0.25) is 0 Å². The number of carbonyl (C=O) groups is 1. The van der Waals surface area contributed by atoms with Crippen molar-refractivity contribution in [2.24, 2.45) is 17.8 Å². The summed E-state index contributed by atoms with van der Waals surface area (Å²) < 4.78 is 0.884. The fourth-order valence-corrected chi connectivity index (χ4v) is 6.28. The molecular formula is C20H21BrN2O2. The van der Waals surface area contributed by atoms with Gasteiger partial charge in [-0.3, -0.25) is 9.59 Å². The lowest BCUT2D eigenvalue weighted by molar-refractivity contribution is -0.0167. The van der Waals surface area contributed by atoms with Gasteiger partial charge in [-0.1, -0.05) is 15.9 Å². The Morgan fingerprint density at radius 3 is 2.36 bits per heavy atom. The molecule has 0 unspecified atom stereocenters. The van der Waals surface area contributed by atoms with Crippen LogP contribution in [0.15, 0.2) is 33.5 Å². The van der Waals surface area contributed by atoms with Crippen molar-refractivity contribution < 1.29 is 4.79 Å². The SMILES string of the molecule is O=C(NC12CC3CC(CC(C3)C1)C2)c1cc(=O)c2ccc(Br)cc2[nH]1. The van der Waals surface area contributed by atoms with Gasteiger partial charge in [-0.15, -0.1) is 0 Å². The van der Waals surface area contributed by atoms with Gasteiger partial charge in [-0.05, 0) is 74.5 Å². The van der Waals surface area contributed by atoms with Crippen LogP contribution in [-0.4, -0.2) is 16.4 Å². The average Bonchev–Trinajstić information content (AvgIpc) is 2.52. The number of hydrogen-bond donors (Lipinski definition) is 2. The molecule has 0 atom stereocenters. The molecule has 1 amide bonds. The molecule has 4 saturated carbocycles. The van der Waals surface area contributed by atoms with Crippen LogP contribution in [-0.2, 0) is 0 Å². The zero-order valence-corrected chi connectivity index (χ0v) is 15.6. The minimum atomic E-state index is -0.138. The van der Waals surface area contributed by atoms with Gasteiger partial charge in [0, 0.05) is 21.5 Å². The molecule has 5 heteroatoms. The average molecular weight is 401 g/mol. The van der Waals surface area contributed by atoms with Crippen LogP contribution < -0.4 is 10.7 Å². The highest BCUT2D eigenvalue weighted by molar-refractivity contribution is 9.10. The lowest BCUT2D eigenvalue weighted by Gasteiger charge is -2.56. The summed E-state index contributed by atoms with van der Waals surface area (Å²) in [6, 6.07) is 6.90. The fraction of sp³-hybridized carbons (Fsp3) is 0.500. The second kappa shape index (κ2) is 5.44. The number of aromatic amines is 1. The number of pyridine rings is 1. The van der Waals surface area contributed by atoms with Crippen LogP contribution in [0.4, 0.5) is 0 Å². The van der Waals surface area contributed by atoms with Crippen LogP contribution in [0.2, 0.25) is 0 Å². The molecule has 0 saturated heterocycles. The first-order valence-corrected chi connectivity index (χ1v) is 9.94. The summed E-state index contributed by atoms with van der Waals surface area (Å²) >= 11 is 3.42. The number of hydrogen-bond acceptors (Lipinski definition) is 2. The van der Waals surface area contributed by atoms with E-state index in [4.69, 9.17) is 0 Å². The molecule has 130 valence electrons. The van der Waals surface area contributed by atoms with E-state index < -0.39 is 0 Å². The van der Waals surface area contributed by atoms with Crippen molar-refractivity contribution in [3.05, 3.63) is 44.7 Å². The van der Waals surface area contributed by atoms with Crippen molar-refractivity contribution in [2.45, 2.75) is 44.1 Å². The molecule has 0 aliphatic heterocycles. The number of benzene rings is 1. The van der Waals surface area contributed by atoms with Gasteiger partial charge in [0.05, 0.1) is 5.52 Å². The van der Waals surface area contributed by atoms with Crippen molar-refractivity contribution in [3.63, 3.8) is 0 Å². The Morgan fingerprint density at radius 2 is 1.72 bits per heavy atom. The molecule has 0 radical (unpaired) electrons. The number of fused-ring (bicyclic) bond motifs is 1. The number of aromatic nitrogens is 1. The molecule has 4 fully saturated rings. The topological polar surface area (TPSA) is 62.0 Å². The fourth-order valence-electron chi connectivity index (χ4n) is 5.92. The summed E-state index contributed by atoms with van der Waals surface area (Å²) in [5, 5.41) is 3.93. The van der Waals surface area contributed by atoms with Gasteiger partial charge in [-0.2, -0.15) is 0 Å². The summed E-state index contributed by atoms with van der Waals surface area (Å²) in [5.41, 5.74) is 0.899. The number of halogens is 1. The summed E-state index contributed by atoms with van der Waals surface area (Å²) in [7, 11) is 0. The van der Waals surface area contributed by atoms with Gasteiger partial charge in [0.15, 0.2) is 5.43 Å². The molecule has 6 rings (SSSR count). The van der Waals surface area contributed by atoms with E-state index in [1.807, 2.05) is 12.1 Å². The monoisotopic (exact) mass is 400 g/mol. The lowest BCUT2D eigenvalue weighted by Crippen LogP contribution is -2.60. The van der Waals surface area contributed by atoms with Crippen LogP contribution in [0.1, 0.15) is 49.0 Å². The highest BCUT2D eigenvalue weighted by atomic mass is 79.9. The predicted molar refractivity (Wildman–Crippen MR) is 101 cm³/mol. The van der Waals surface area contributed by atoms with Crippen molar-refractivity contribution in [3.8, 4) is 0 Å². The molecule has 4 nitrogen and oxygen atoms in total. The largest absolute Gasteiger partial charge is 0.350 e. The van der Waals surface area contributed by atoms with E-state index in [1.165, 1.54) is 25.3 Å². The second-order valence-corrected chi connectivity index (χ2v) is 9.30. The molecule has 1 heterocycles. The number of rotatable bonds is 2. The molecule has 2 N–H and O–H groups in total. The third-order valence-electron chi connectivity index (χ3n) is 6.45. The normalized spacial score (nSPS) is 32.9. The van der Waals surface area contributed by atoms with E-state index >= 15 is 0 Å². The van der Waals surface area contributed by atoms with Crippen LogP contribution in [0, 0.1) is 17.8 Å². The highest BCUT2D eigenvalue weighted by Gasteiger charge is 2.51. The van der Waals surface area contributed by atoms with E-state index in [0.717, 1.165) is 41.5 Å². The molecule has 1 aromatic heterocycles. The minimum Gasteiger partial charge on any atom is -0.350 e. The number of H-pyrrole nitrogens is 1. The van der Waals surface area contributed by atoms with Gasteiger partial charge in [-0.25, -0.2) is 0 Å². The van der Waals surface area contributed by atoms with E-state index in [9.17, 15) is 9.59 Å². The Balaban J connectivity index is 1.47. The minimum absolute atomic E-state index is 0.0467. The quantitative estimate of drug-likeness (QED) is 0.800. The van der Waals surface area contributed by atoms with Gasteiger partial charge < -0.3 is 10.3 Å². The zero-order valence-electron chi connectivity index (χ0n) is 14.0. The highest BCUT2D eigenvalue weighted by Crippen LogP contribution is 2.55. The van der Waals surface area contributed by atoms with Crippen LogP contribution >= 0.6 is 15.9 Å². The number of nitrogens with one attached hydrogen (secondary N) is 2. The third kappa shape index (κ3) is 2.64. The standard InChI is InChI=1S/C20H21BrN2O2/c21-14-1-2-15-16(6-14)22-17(7-18(15)24)19(25)23-20-8-11-3-12(9-20)5-13(4-11)10-20/h1-2,6-7,11-13H,3-5,8-10H2,(H,22,24)(H,23,25). The van der Waals surface area contributed by atoms with E-state index in [0.29, 0.717) is 16.6 Å². The van der Waals surface area contributed by atoms with Crippen molar-refractivity contribution in [1.82, 2.24) is 10.3 Å².